The summed E-state index contributed by atoms with van der Waals surface area (Å²) in [6.07, 6.45) is 3.54. The summed E-state index contributed by atoms with van der Waals surface area (Å²) in [4.78, 5) is 41.5. The first-order valence-corrected chi connectivity index (χ1v) is 11.6. The number of anilines is 1. The highest BCUT2D eigenvalue weighted by atomic mass is 32.2. The van der Waals surface area contributed by atoms with Crippen molar-refractivity contribution in [3.8, 4) is 5.69 Å². The quantitative estimate of drug-likeness (QED) is 0.267. The summed E-state index contributed by atoms with van der Waals surface area (Å²) in [7, 11) is 0. The van der Waals surface area contributed by atoms with Crippen LogP contribution in [0, 0.1) is 6.92 Å². The first-order valence-electron chi connectivity index (χ1n) is 10.6. The Morgan fingerprint density at radius 3 is 2.61 bits per heavy atom. The Bertz CT molecular complexity index is 1180. The van der Waals surface area contributed by atoms with Crippen molar-refractivity contribution < 1.29 is 23.5 Å². The smallest absolute Gasteiger partial charge is 0.344 e. The van der Waals surface area contributed by atoms with E-state index >= 15 is 0 Å². The van der Waals surface area contributed by atoms with E-state index in [4.69, 9.17) is 9.15 Å². The monoisotopic (exact) mass is 469 g/mol. The van der Waals surface area contributed by atoms with Crippen LogP contribution in [-0.2, 0) is 9.53 Å². The molecule has 3 rings (SSSR count). The number of para-hydroxylation sites is 1. The number of nitrogens with zero attached hydrogens (tertiary/aromatic N) is 2. The van der Waals surface area contributed by atoms with Gasteiger partial charge < -0.3 is 9.15 Å². The van der Waals surface area contributed by atoms with Gasteiger partial charge >= 0.3 is 5.97 Å². The van der Waals surface area contributed by atoms with E-state index in [0.717, 1.165) is 5.69 Å². The lowest BCUT2D eigenvalue weighted by Gasteiger charge is -2.15. The van der Waals surface area contributed by atoms with E-state index in [9.17, 15) is 14.4 Å². The molecule has 0 aliphatic carbocycles. The minimum atomic E-state index is -0.719. The fourth-order valence-corrected chi connectivity index (χ4v) is 4.29. The molecule has 2 aromatic heterocycles. The Balaban J connectivity index is 1.79. The van der Waals surface area contributed by atoms with Crippen molar-refractivity contribution in [2.45, 2.75) is 45.7 Å². The molecule has 0 aliphatic rings. The second-order valence-corrected chi connectivity index (χ2v) is 8.59. The summed E-state index contributed by atoms with van der Waals surface area (Å²) in [5, 5.41) is 3.26. The van der Waals surface area contributed by atoms with Crippen molar-refractivity contribution in [1.29, 1.82) is 0 Å². The highest BCUT2D eigenvalue weighted by Gasteiger charge is 2.28. The van der Waals surface area contributed by atoms with Crippen LogP contribution in [0.25, 0.3) is 5.69 Å². The normalized spacial score (nSPS) is 11.0. The van der Waals surface area contributed by atoms with Crippen LogP contribution in [0.1, 0.15) is 65.7 Å². The minimum absolute atomic E-state index is 0.0261. The molecule has 1 amide bonds. The highest BCUT2D eigenvalue weighted by Crippen LogP contribution is 2.30. The van der Waals surface area contributed by atoms with E-state index in [1.807, 2.05) is 29.0 Å². The van der Waals surface area contributed by atoms with Gasteiger partial charge in [-0.15, -0.1) is 0 Å². The van der Waals surface area contributed by atoms with Crippen LogP contribution in [0.5, 0.6) is 0 Å². The number of imidazole rings is 1. The number of carbonyl (C=O) groups is 3. The lowest BCUT2D eigenvalue weighted by Crippen LogP contribution is -2.18. The molecule has 0 unspecified atom stereocenters. The average Bonchev–Trinajstić information content (AvgIpc) is 3.36. The molecule has 0 bridgehead atoms. The van der Waals surface area contributed by atoms with E-state index in [0.29, 0.717) is 11.1 Å². The second-order valence-electron chi connectivity index (χ2n) is 7.64. The topological polar surface area (TPSA) is 103 Å². The Kier molecular flexibility index (Phi) is 7.75. The molecule has 0 saturated heterocycles. The molecular formula is C24H27N3O5S. The fourth-order valence-electron chi connectivity index (χ4n) is 3.52. The zero-order valence-corrected chi connectivity index (χ0v) is 20.1. The number of benzene rings is 1. The zero-order chi connectivity index (χ0) is 24.1. The summed E-state index contributed by atoms with van der Waals surface area (Å²) in [5.74, 6) is -0.962. The van der Waals surface area contributed by atoms with Crippen LogP contribution < -0.4 is 5.32 Å². The van der Waals surface area contributed by atoms with Gasteiger partial charge in [-0.05, 0) is 38.3 Å². The molecule has 0 fully saturated rings. The number of hydrogen-bond donors (Lipinski definition) is 1. The summed E-state index contributed by atoms with van der Waals surface area (Å²) >= 11 is 1.25. The number of carbonyl (C=O) groups excluding carboxylic acids is 3. The highest BCUT2D eigenvalue weighted by molar-refractivity contribution is 7.99. The van der Waals surface area contributed by atoms with Crippen LogP contribution in [-0.4, -0.2) is 39.6 Å². The number of rotatable bonds is 9. The van der Waals surface area contributed by atoms with Gasteiger partial charge in [0.2, 0.25) is 11.8 Å². The van der Waals surface area contributed by atoms with Gasteiger partial charge in [0.15, 0.2) is 10.9 Å². The zero-order valence-electron chi connectivity index (χ0n) is 19.3. The van der Waals surface area contributed by atoms with E-state index in [1.165, 1.54) is 24.2 Å². The van der Waals surface area contributed by atoms with Gasteiger partial charge in [0, 0.05) is 12.4 Å². The first kappa shape index (κ1) is 24.3. The number of aryl methyl sites for hydroxylation is 1. The van der Waals surface area contributed by atoms with Gasteiger partial charge in [-0.2, -0.15) is 0 Å². The van der Waals surface area contributed by atoms with E-state index in [-0.39, 0.29) is 40.9 Å². The minimum Gasteiger partial charge on any atom is -0.462 e. The van der Waals surface area contributed by atoms with Crippen molar-refractivity contribution in [3.63, 3.8) is 0 Å². The maximum atomic E-state index is 12.7. The average molecular weight is 470 g/mol. The van der Waals surface area contributed by atoms with E-state index in [2.05, 4.69) is 30.2 Å². The van der Waals surface area contributed by atoms with Gasteiger partial charge in [-0.3, -0.25) is 19.5 Å². The largest absolute Gasteiger partial charge is 0.462 e. The summed E-state index contributed by atoms with van der Waals surface area (Å²) in [6.45, 7) is 8.93. The molecule has 0 saturated carbocycles. The SMILES string of the molecule is CCOC(=O)c1c(NC(=O)CSc2nccn2-c2ccccc2C(C)C)oc(C)c1C(C)=O. The number of nitrogens with one attached hydrogen (secondary N) is 1. The number of thioether (sulfide) groups is 1. The van der Waals surface area contributed by atoms with Gasteiger partial charge in [0.25, 0.3) is 0 Å². The Morgan fingerprint density at radius 1 is 1.21 bits per heavy atom. The molecule has 0 radical (unpaired) electrons. The number of esters is 1. The molecule has 33 heavy (non-hydrogen) atoms. The second kappa shape index (κ2) is 10.5. The molecule has 0 atom stereocenters. The van der Waals surface area contributed by atoms with Crippen LogP contribution in [0.4, 0.5) is 5.88 Å². The lowest BCUT2D eigenvalue weighted by molar-refractivity contribution is -0.113. The molecule has 1 aromatic carbocycles. The van der Waals surface area contributed by atoms with Gasteiger partial charge in [0.05, 0.1) is 23.6 Å². The van der Waals surface area contributed by atoms with Gasteiger partial charge in [0.1, 0.15) is 11.3 Å². The summed E-state index contributed by atoms with van der Waals surface area (Å²) < 4.78 is 12.5. The van der Waals surface area contributed by atoms with Crippen LogP contribution >= 0.6 is 11.8 Å². The maximum absolute atomic E-state index is 12.7. The molecule has 1 N–H and O–H groups in total. The van der Waals surface area contributed by atoms with Crippen molar-refractivity contribution in [2.75, 3.05) is 17.7 Å². The van der Waals surface area contributed by atoms with E-state index < -0.39 is 11.9 Å². The van der Waals surface area contributed by atoms with Crippen molar-refractivity contribution >= 4 is 35.3 Å². The molecule has 174 valence electrons. The predicted octanol–water partition coefficient (Wildman–Crippen LogP) is 5.01. The Hall–Kier alpha value is -3.33. The molecule has 8 nitrogen and oxygen atoms in total. The third kappa shape index (κ3) is 5.36. The van der Waals surface area contributed by atoms with Gasteiger partial charge in [-0.1, -0.05) is 43.8 Å². The molecular weight excluding hydrogens is 442 g/mol. The number of Topliss-reactive ketones (excluding diaryl/α,β-unsaturated/α-hetero) is 1. The maximum Gasteiger partial charge on any atom is 0.344 e. The third-order valence-corrected chi connectivity index (χ3v) is 5.89. The molecule has 2 heterocycles. The number of amides is 1. The number of aromatic nitrogens is 2. The standard InChI is InChI=1S/C24H27N3O5S/c1-6-31-23(30)21-20(15(4)28)16(5)32-22(21)26-19(29)13-33-24-25-11-12-27(24)18-10-8-7-9-17(18)14(2)3/h7-12,14H,6,13H2,1-5H3,(H,26,29). The predicted molar refractivity (Wildman–Crippen MR) is 126 cm³/mol. The third-order valence-electron chi connectivity index (χ3n) is 4.93. The van der Waals surface area contributed by atoms with Crippen molar-refractivity contribution in [3.05, 3.63) is 59.1 Å². The Labute approximate surface area is 196 Å². The Morgan fingerprint density at radius 2 is 1.94 bits per heavy atom. The lowest BCUT2D eigenvalue weighted by atomic mass is 10.0. The van der Waals surface area contributed by atoms with E-state index in [1.54, 1.807) is 20.0 Å². The number of hydrogen-bond acceptors (Lipinski definition) is 7. The number of ketones is 1. The van der Waals surface area contributed by atoms with Crippen LogP contribution in [0.15, 0.2) is 46.2 Å². The molecule has 3 aromatic rings. The van der Waals surface area contributed by atoms with Crippen molar-refractivity contribution in [1.82, 2.24) is 9.55 Å². The number of furan rings is 1. The van der Waals surface area contributed by atoms with Crippen molar-refractivity contribution in [2.24, 2.45) is 0 Å². The summed E-state index contributed by atoms with van der Waals surface area (Å²) in [5.41, 5.74) is 2.22. The fraction of sp³-hybridized carbons (Fsp3) is 0.333. The first-order chi connectivity index (χ1) is 15.7. The molecule has 0 aliphatic heterocycles. The van der Waals surface area contributed by atoms with Gasteiger partial charge in [-0.25, -0.2) is 9.78 Å². The summed E-state index contributed by atoms with van der Waals surface area (Å²) in [6, 6.07) is 8.05. The number of ether oxygens (including phenoxy) is 1. The molecule has 9 heteroatoms. The molecule has 0 spiro atoms. The van der Waals surface area contributed by atoms with Crippen LogP contribution in [0.3, 0.4) is 0 Å². The van der Waals surface area contributed by atoms with Crippen LogP contribution in [0.2, 0.25) is 0 Å².